The molecule has 0 spiro atoms. The van der Waals surface area contributed by atoms with E-state index in [0.29, 0.717) is 29.6 Å². The summed E-state index contributed by atoms with van der Waals surface area (Å²) in [6.45, 7) is 1.26. The number of ether oxygens (including phenoxy) is 2. The van der Waals surface area contributed by atoms with E-state index in [1.807, 2.05) is 18.2 Å². The molecule has 5 heteroatoms. The highest BCUT2D eigenvalue weighted by atomic mass is 19.1. The fraction of sp³-hybridized carbons (Fsp3) is 0.389. The van der Waals surface area contributed by atoms with Crippen LogP contribution in [0.3, 0.4) is 0 Å². The molecule has 23 heavy (non-hydrogen) atoms. The third kappa shape index (κ3) is 3.79. The molecule has 1 aliphatic rings. The topological polar surface area (TPSA) is 34.6 Å². The van der Waals surface area contributed by atoms with E-state index in [0.717, 1.165) is 25.1 Å². The van der Waals surface area contributed by atoms with Gasteiger partial charge in [-0.1, -0.05) is 6.07 Å². The van der Waals surface area contributed by atoms with Crippen LogP contribution in [0, 0.1) is 5.82 Å². The normalized spacial score (nSPS) is 14.1. The third-order valence-corrected chi connectivity index (χ3v) is 4.08. The van der Waals surface area contributed by atoms with E-state index in [1.165, 1.54) is 13.2 Å². The maximum absolute atomic E-state index is 14.4. The molecule has 0 bridgehead atoms. The van der Waals surface area contributed by atoms with Gasteiger partial charge in [0.05, 0.1) is 19.9 Å². The number of pyridine rings is 1. The number of hydrogen-bond donors (Lipinski definition) is 0. The van der Waals surface area contributed by atoms with Crippen molar-refractivity contribution in [2.75, 3.05) is 14.2 Å². The lowest BCUT2D eigenvalue weighted by Crippen LogP contribution is -2.26. The molecule has 1 fully saturated rings. The van der Waals surface area contributed by atoms with Gasteiger partial charge in [-0.2, -0.15) is 0 Å². The SMILES string of the molecule is COc1cc(F)c(CN(Cc2ccccn2)C2CC2)cc1OC. The molecule has 4 nitrogen and oxygen atoms in total. The number of halogens is 1. The van der Waals surface area contributed by atoms with Crippen LogP contribution in [0.15, 0.2) is 36.5 Å². The molecule has 122 valence electrons. The first-order valence-electron chi connectivity index (χ1n) is 7.75. The molecule has 1 aromatic heterocycles. The Bertz CT molecular complexity index is 660. The minimum Gasteiger partial charge on any atom is -0.493 e. The minimum absolute atomic E-state index is 0.269. The van der Waals surface area contributed by atoms with Gasteiger partial charge in [0.25, 0.3) is 0 Å². The van der Waals surface area contributed by atoms with Gasteiger partial charge in [0, 0.05) is 37.0 Å². The van der Waals surface area contributed by atoms with E-state index in [9.17, 15) is 4.39 Å². The van der Waals surface area contributed by atoms with Gasteiger partial charge >= 0.3 is 0 Å². The molecule has 1 heterocycles. The maximum atomic E-state index is 14.4. The summed E-state index contributed by atoms with van der Waals surface area (Å²) in [6.07, 6.45) is 4.10. The number of aromatic nitrogens is 1. The van der Waals surface area contributed by atoms with Gasteiger partial charge in [-0.15, -0.1) is 0 Å². The molecule has 1 saturated carbocycles. The van der Waals surface area contributed by atoms with Crippen molar-refractivity contribution in [3.05, 3.63) is 53.6 Å². The molecule has 0 unspecified atom stereocenters. The molecule has 1 aliphatic carbocycles. The van der Waals surface area contributed by atoms with Crippen molar-refractivity contribution in [2.24, 2.45) is 0 Å². The van der Waals surface area contributed by atoms with Crippen LogP contribution >= 0.6 is 0 Å². The fourth-order valence-electron chi connectivity index (χ4n) is 2.69. The van der Waals surface area contributed by atoms with E-state index in [4.69, 9.17) is 9.47 Å². The van der Waals surface area contributed by atoms with Crippen molar-refractivity contribution < 1.29 is 13.9 Å². The lowest BCUT2D eigenvalue weighted by Gasteiger charge is -2.22. The van der Waals surface area contributed by atoms with Gasteiger partial charge in [0.2, 0.25) is 0 Å². The zero-order chi connectivity index (χ0) is 16.2. The summed E-state index contributed by atoms with van der Waals surface area (Å²) in [4.78, 5) is 6.64. The lowest BCUT2D eigenvalue weighted by molar-refractivity contribution is 0.238. The fourth-order valence-corrected chi connectivity index (χ4v) is 2.69. The average molecular weight is 316 g/mol. The van der Waals surface area contributed by atoms with Crippen molar-refractivity contribution in [3.63, 3.8) is 0 Å². The molecule has 0 radical (unpaired) electrons. The van der Waals surface area contributed by atoms with Crippen molar-refractivity contribution in [2.45, 2.75) is 32.0 Å². The predicted molar refractivity (Wildman–Crippen MR) is 86.0 cm³/mol. The van der Waals surface area contributed by atoms with Gasteiger partial charge in [-0.3, -0.25) is 9.88 Å². The molecular weight excluding hydrogens is 295 g/mol. The van der Waals surface area contributed by atoms with Gasteiger partial charge in [-0.25, -0.2) is 4.39 Å². The van der Waals surface area contributed by atoms with Crippen LogP contribution in [0.4, 0.5) is 4.39 Å². The van der Waals surface area contributed by atoms with Gasteiger partial charge in [0.1, 0.15) is 5.82 Å². The third-order valence-electron chi connectivity index (χ3n) is 4.08. The molecule has 0 N–H and O–H groups in total. The lowest BCUT2D eigenvalue weighted by atomic mass is 10.1. The van der Waals surface area contributed by atoms with Crippen LogP contribution in [-0.2, 0) is 13.1 Å². The minimum atomic E-state index is -0.269. The van der Waals surface area contributed by atoms with Gasteiger partial charge in [0.15, 0.2) is 11.5 Å². The average Bonchev–Trinajstić information content (AvgIpc) is 3.41. The Balaban J connectivity index is 1.80. The van der Waals surface area contributed by atoms with Crippen LogP contribution in [0.5, 0.6) is 11.5 Å². The van der Waals surface area contributed by atoms with E-state index in [2.05, 4.69) is 9.88 Å². The van der Waals surface area contributed by atoms with E-state index in [-0.39, 0.29) is 5.82 Å². The van der Waals surface area contributed by atoms with Crippen molar-refractivity contribution >= 4 is 0 Å². The molecular formula is C18H21FN2O2. The summed E-state index contributed by atoms with van der Waals surface area (Å²) in [5.41, 5.74) is 1.62. The maximum Gasteiger partial charge on any atom is 0.163 e. The molecule has 3 rings (SSSR count). The standard InChI is InChI=1S/C18H21FN2O2/c1-22-17-9-13(16(19)10-18(17)23-2)11-21(15-6-7-15)12-14-5-3-4-8-20-14/h3-5,8-10,15H,6-7,11-12H2,1-2H3. The Kier molecular flexibility index (Phi) is 4.76. The number of benzene rings is 1. The van der Waals surface area contributed by atoms with Gasteiger partial charge in [-0.05, 0) is 31.0 Å². The van der Waals surface area contributed by atoms with Crippen LogP contribution in [0.1, 0.15) is 24.1 Å². The largest absolute Gasteiger partial charge is 0.493 e. The Labute approximate surface area is 135 Å². The second-order valence-corrected chi connectivity index (χ2v) is 5.76. The van der Waals surface area contributed by atoms with Crippen LogP contribution < -0.4 is 9.47 Å². The molecule has 0 amide bonds. The Morgan fingerprint density at radius 2 is 1.87 bits per heavy atom. The zero-order valence-corrected chi connectivity index (χ0v) is 13.5. The molecule has 1 aromatic carbocycles. The number of hydrogen-bond acceptors (Lipinski definition) is 4. The van der Waals surface area contributed by atoms with Crippen molar-refractivity contribution in [1.82, 2.24) is 9.88 Å². The van der Waals surface area contributed by atoms with Crippen LogP contribution in [-0.4, -0.2) is 30.1 Å². The van der Waals surface area contributed by atoms with Crippen molar-refractivity contribution in [3.8, 4) is 11.5 Å². The van der Waals surface area contributed by atoms with Crippen LogP contribution in [0.2, 0.25) is 0 Å². The van der Waals surface area contributed by atoms with E-state index >= 15 is 0 Å². The Morgan fingerprint density at radius 3 is 2.48 bits per heavy atom. The van der Waals surface area contributed by atoms with Crippen LogP contribution in [0.25, 0.3) is 0 Å². The second-order valence-electron chi connectivity index (χ2n) is 5.76. The van der Waals surface area contributed by atoms with E-state index in [1.54, 1.807) is 19.4 Å². The first-order chi connectivity index (χ1) is 11.2. The summed E-state index contributed by atoms with van der Waals surface area (Å²) in [5, 5.41) is 0. The highest BCUT2D eigenvalue weighted by molar-refractivity contribution is 5.43. The highest BCUT2D eigenvalue weighted by Crippen LogP contribution is 2.33. The smallest absolute Gasteiger partial charge is 0.163 e. The predicted octanol–water partition coefficient (Wildman–Crippen LogP) is 3.40. The number of rotatable bonds is 7. The number of nitrogens with zero attached hydrogens (tertiary/aromatic N) is 2. The monoisotopic (exact) mass is 316 g/mol. The quantitative estimate of drug-likeness (QED) is 0.784. The summed E-state index contributed by atoms with van der Waals surface area (Å²) in [6, 6.07) is 9.50. The van der Waals surface area contributed by atoms with Crippen molar-refractivity contribution in [1.29, 1.82) is 0 Å². The second kappa shape index (κ2) is 6.96. The molecule has 0 aliphatic heterocycles. The van der Waals surface area contributed by atoms with Gasteiger partial charge < -0.3 is 9.47 Å². The number of methoxy groups -OCH3 is 2. The summed E-state index contributed by atoms with van der Waals surface area (Å²) in [7, 11) is 3.07. The molecule has 0 atom stereocenters. The first-order valence-corrected chi connectivity index (χ1v) is 7.75. The molecule has 2 aromatic rings. The summed E-state index contributed by atoms with van der Waals surface area (Å²) < 4.78 is 24.8. The first kappa shape index (κ1) is 15.7. The Hall–Kier alpha value is -2.14. The summed E-state index contributed by atoms with van der Waals surface area (Å²) >= 11 is 0. The zero-order valence-electron chi connectivity index (χ0n) is 13.5. The highest BCUT2D eigenvalue weighted by Gasteiger charge is 2.30. The molecule has 0 saturated heterocycles. The summed E-state index contributed by atoms with van der Waals surface area (Å²) in [5.74, 6) is 0.697. The van der Waals surface area contributed by atoms with E-state index < -0.39 is 0 Å². The Morgan fingerprint density at radius 1 is 1.13 bits per heavy atom.